The van der Waals surface area contributed by atoms with Crippen LogP contribution in [0, 0.1) is 6.92 Å². The summed E-state index contributed by atoms with van der Waals surface area (Å²) in [5.74, 6) is 0.710. The standard InChI is InChI=1S/C22H22N2O2S/c1-15-7-8-18(13-21(15)27-3)22(25)24-14-19-11-17(9-10-23-19)16-5-4-6-20(12-16)26-2/h4-13H,14H2,1-3H3,(H,24,25). The summed E-state index contributed by atoms with van der Waals surface area (Å²) in [6.07, 6.45) is 3.77. The number of ether oxygens (including phenoxy) is 1. The van der Waals surface area contributed by atoms with E-state index in [2.05, 4.69) is 10.3 Å². The first-order chi connectivity index (χ1) is 13.1. The van der Waals surface area contributed by atoms with E-state index in [1.54, 1.807) is 25.1 Å². The number of nitrogens with one attached hydrogen (secondary N) is 1. The van der Waals surface area contributed by atoms with Gasteiger partial charge >= 0.3 is 0 Å². The fourth-order valence-corrected chi connectivity index (χ4v) is 3.43. The SMILES string of the molecule is COc1cccc(-c2ccnc(CNC(=O)c3ccc(C)c(SC)c3)c2)c1. The highest BCUT2D eigenvalue weighted by molar-refractivity contribution is 7.98. The van der Waals surface area contributed by atoms with Gasteiger partial charge in [-0.3, -0.25) is 9.78 Å². The number of carbonyl (C=O) groups is 1. The first kappa shape index (κ1) is 19.0. The Balaban J connectivity index is 1.72. The Morgan fingerprint density at radius 3 is 2.70 bits per heavy atom. The molecule has 0 fully saturated rings. The van der Waals surface area contributed by atoms with Crippen LogP contribution in [-0.4, -0.2) is 24.3 Å². The second kappa shape index (κ2) is 8.73. The van der Waals surface area contributed by atoms with Crippen LogP contribution in [0.2, 0.25) is 0 Å². The van der Waals surface area contributed by atoms with Crippen LogP contribution in [0.1, 0.15) is 21.6 Å². The molecule has 0 saturated carbocycles. The van der Waals surface area contributed by atoms with Gasteiger partial charge in [0.15, 0.2) is 0 Å². The van der Waals surface area contributed by atoms with E-state index in [1.807, 2.05) is 67.8 Å². The first-order valence-corrected chi connectivity index (χ1v) is 9.85. The Hall–Kier alpha value is -2.79. The zero-order valence-electron chi connectivity index (χ0n) is 15.7. The van der Waals surface area contributed by atoms with Crippen molar-refractivity contribution in [2.24, 2.45) is 0 Å². The van der Waals surface area contributed by atoms with Crippen LogP contribution in [0.4, 0.5) is 0 Å². The molecule has 4 nitrogen and oxygen atoms in total. The van der Waals surface area contributed by atoms with E-state index in [1.165, 1.54) is 5.56 Å². The van der Waals surface area contributed by atoms with Crippen molar-refractivity contribution in [2.45, 2.75) is 18.4 Å². The third-order valence-electron chi connectivity index (χ3n) is 4.32. The van der Waals surface area contributed by atoms with Gasteiger partial charge in [-0.2, -0.15) is 0 Å². The summed E-state index contributed by atoms with van der Waals surface area (Å²) in [6.45, 7) is 2.42. The molecular formula is C22H22N2O2S. The highest BCUT2D eigenvalue weighted by Crippen LogP contribution is 2.24. The van der Waals surface area contributed by atoms with Crippen LogP contribution in [0.15, 0.2) is 65.7 Å². The molecule has 0 saturated heterocycles. The largest absolute Gasteiger partial charge is 0.497 e. The van der Waals surface area contributed by atoms with Crippen LogP contribution in [0.5, 0.6) is 5.75 Å². The van der Waals surface area contributed by atoms with Crippen LogP contribution < -0.4 is 10.1 Å². The summed E-state index contributed by atoms with van der Waals surface area (Å²) >= 11 is 1.64. The quantitative estimate of drug-likeness (QED) is 0.631. The molecule has 138 valence electrons. The van der Waals surface area contributed by atoms with E-state index in [0.29, 0.717) is 12.1 Å². The average molecular weight is 378 g/mol. The van der Waals surface area contributed by atoms with E-state index in [4.69, 9.17) is 4.74 Å². The average Bonchev–Trinajstić information content (AvgIpc) is 2.72. The molecule has 5 heteroatoms. The summed E-state index contributed by atoms with van der Waals surface area (Å²) in [4.78, 5) is 18.0. The van der Waals surface area contributed by atoms with Crippen molar-refractivity contribution in [1.82, 2.24) is 10.3 Å². The van der Waals surface area contributed by atoms with Crippen molar-refractivity contribution in [3.63, 3.8) is 0 Å². The number of nitrogens with zero attached hydrogens (tertiary/aromatic N) is 1. The number of hydrogen-bond donors (Lipinski definition) is 1. The van der Waals surface area contributed by atoms with Crippen molar-refractivity contribution in [2.75, 3.05) is 13.4 Å². The molecule has 2 aromatic carbocycles. The predicted octanol–water partition coefficient (Wildman–Crippen LogP) is 4.72. The van der Waals surface area contributed by atoms with E-state index >= 15 is 0 Å². The molecule has 0 aliphatic carbocycles. The lowest BCUT2D eigenvalue weighted by Gasteiger charge is -2.09. The van der Waals surface area contributed by atoms with Crippen molar-refractivity contribution in [1.29, 1.82) is 0 Å². The Morgan fingerprint density at radius 1 is 1.11 bits per heavy atom. The van der Waals surface area contributed by atoms with E-state index in [-0.39, 0.29) is 5.91 Å². The maximum Gasteiger partial charge on any atom is 0.251 e. The monoisotopic (exact) mass is 378 g/mol. The van der Waals surface area contributed by atoms with E-state index in [0.717, 1.165) is 27.5 Å². The van der Waals surface area contributed by atoms with Crippen molar-refractivity contribution >= 4 is 17.7 Å². The molecule has 1 amide bonds. The molecule has 3 aromatic rings. The third-order valence-corrected chi connectivity index (χ3v) is 5.20. The lowest BCUT2D eigenvalue weighted by atomic mass is 10.1. The zero-order valence-corrected chi connectivity index (χ0v) is 16.5. The van der Waals surface area contributed by atoms with Gasteiger partial charge in [0.2, 0.25) is 0 Å². The summed E-state index contributed by atoms with van der Waals surface area (Å²) in [7, 11) is 1.65. The Labute approximate surface area is 164 Å². The lowest BCUT2D eigenvalue weighted by molar-refractivity contribution is 0.0950. The molecule has 1 heterocycles. The summed E-state index contributed by atoms with van der Waals surface area (Å²) in [6, 6.07) is 17.6. The Bertz CT molecular complexity index is 957. The van der Waals surface area contributed by atoms with E-state index < -0.39 is 0 Å². The number of pyridine rings is 1. The van der Waals surface area contributed by atoms with Crippen LogP contribution >= 0.6 is 11.8 Å². The molecule has 0 spiro atoms. The topological polar surface area (TPSA) is 51.2 Å². The van der Waals surface area contributed by atoms with Crippen LogP contribution in [0.3, 0.4) is 0 Å². The van der Waals surface area contributed by atoms with Crippen molar-refractivity contribution in [3.8, 4) is 16.9 Å². The maximum atomic E-state index is 12.5. The van der Waals surface area contributed by atoms with Crippen molar-refractivity contribution in [3.05, 3.63) is 77.6 Å². The summed E-state index contributed by atoms with van der Waals surface area (Å²) < 4.78 is 5.29. The fourth-order valence-electron chi connectivity index (χ4n) is 2.79. The number of thioether (sulfide) groups is 1. The minimum atomic E-state index is -0.0983. The van der Waals surface area contributed by atoms with Gasteiger partial charge in [0.1, 0.15) is 5.75 Å². The molecule has 1 N–H and O–H groups in total. The van der Waals surface area contributed by atoms with Gasteiger partial charge in [-0.25, -0.2) is 0 Å². The first-order valence-electron chi connectivity index (χ1n) is 8.63. The van der Waals surface area contributed by atoms with Gasteiger partial charge in [-0.05, 0) is 66.3 Å². The van der Waals surface area contributed by atoms with Crippen molar-refractivity contribution < 1.29 is 9.53 Å². The molecule has 1 aromatic heterocycles. The number of methoxy groups -OCH3 is 1. The predicted molar refractivity (Wildman–Crippen MR) is 110 cm³/mol. The Kier molecular flexibility index (Phi) is 6.14. The molecule has 3 rings (SSSR count). The number of amides is 1. The molecule has 0 aliphatic rings. The highest BCUT2D eigenvalue weighted by Gasteiger charge is 2.09. The minimum Gasteiger partial charge on any atom is -0.497 e. The molecule has 0 bridgehead atoms. The fraction of sp³-hybridized carbons (Fsp3) is 0.182. The Morgan fingerprint density at radius 2 is 1.93 bits per heavy atom. The molecule has 0 aliphatic heterocycles. The van der Waals surface area contributed by atoms with Gasteiger partial charge in [-0.15, -0.1) is 11.8 Å². The summed E-state index contributed by atoms with van der Waals surface area (Å²) in [5, 5.41) is 2.95. The number of carbonyl (C=O) groups excluding carboxylic acids is 1. The zero-order chi connectivity index (χ0) is 19.2. The number of hydrogen-bond acceptors (Lipinski definition) is 4. The minimum absolute atomic E-state index is 0.0983. The normalized spacial score (nSPS) is 10.5. The summed E-state index contributed by atoms with van der Waals surface area (Å²) in [5.41, 5.74) is 4.72. The number of rotatable bonds is 6. The third kappa shape index (κ3) is 4.68. The second-order valence-corrected chi connectivity index (χ2v) is 6.98. The highest BCUT2D eigenvalue weighted by atomic mass is 32.2. The molecule has 0 atom stereocenters. The number of aromatic nitrogens is 1. The second-order valence-electron chi connectivity index (χ2n) is 6.13. The van der Waals surface area contributed by atoms with Gasteiger partial charge < -0.3 is 10.1 Å². The van der Waals surface area contributed by atoms with Gasteiger partial charge in [0.05, 0.1) is 19.3 Å². The van der Waals surface area contributed by atoms with Gasteiger partial charge in [0, 0.05) is 16.7 Å². The molecule has 27 heavy (non-hydrogen) atoms. The lowest BCUT2D eigenvalue weighted by Crippen LogP contribution is -2.23. The number of benzene rings is 2. The van der Waals surface area contributed by atoms with Gasteiger partial charge in [-0.1, -0.05) is 18.2 Å². The molecule has 0 radical (unpaired) electrons. The smallest absolute Gasteiger partial charge is 0.251 e. The number of aryl methyl sites for hydroxylation is 1. The molecule has 0 unspecified atom stereocenters. The van der Waals surface area contributed by atoms with Crippen LogP contribution in [-0.2, 0) is 6.54 Å². The maximum absolute atomic E-state index is 12.5. The van der Waals surface area contributed by atoms with Crippen LogP contribution in [0.25, 0.3) is 11.1 Å². The molecular weight excluding hydrogens is 356 g/mol. The van der Waals surface area contributed by atoms with E-state index in [9.17, 15) is 4.79 Å². The van der Waals surface area contributed by atoms with Gasteiger partial charge in [0.25, 0.3) is 5.91 Å².